The fraction of sp³-hybridized carbons (Fsp3) is 0.250. The third-order valence-corrected chi connectivity index (χ3v) is 4.75. The van der Waals surface area contributed by atoms with Crippen LogP contribution >= 0.6 is 0 Å². The van der Waals surface area contributed by atoms with Crippen LogP contribution < -0.4 is 20.4 Å². The van der Waals surface area contributed by atoms with Crippen molar-refractivity contribution in [3.05, 3.63) is 46.6 Å². The van der Waals surface area contributed by atoms with Crippen molar-refractivity contribution in [3.8, 4) is 28.6 Å². The Kier molecular flexibility index (Phi) is 4.37. The van der Waals surface area contributed by atoms with E-state index in [2.05, 4.69) is 10.2 Å². The van der Waals surface area contributed by atoms with Crippen LogP contribution in [0.2, 0.25) is 0 Å². The molecule has 2 aromatic carbocycles. The van der Waals surface area contributed by atoms with Gasteiger partial charge >= 0.3 is 0 Å². The summed E-state index contributed by atoms with van der Waals surface area (Å²) >= 11 is 0. The monoisotopic (exact) mass is 368 g/mol. The first-order valence-corrected chi connectivity index (χ1v) is 8.71. The number of rotatable bonds is 3. The highest BCUT2D eigenvalue weighted by atomic mass is 16.5. The van der Waals surface area contributed by atoms with Crippen LogP contribution in [-0.2, 0) is 0 Å². The maximum Gasteiger partial charge on any atom is 0.204 e. The van der Waals surface area contributed by atoms with Crippen molar-refractivity contribution in [3.63, 3.8) is 0 Å². The summed E-state index contributed by atoms with van der Waals surface area (Å²) in [5.74, 6) is -0.295. The van der Waals surface area contributed by atoms with E-state index < -0.39 is 5.43 Å². The lowest BCUT2D eigenvalue weighted by atomic mass is 10.1. The molecule has 0 spiro atoms. The van der Waals surface area contributed by atoms with E-state index in [9.17, 15) is 15.0 Å². The number of hydrogen-bond acceptors (Lipinski definition) is 7. The number of fused-ring (bicyclic) bond motifs is 1. The molecule has 1 fully saturated rings. The molecule has 7 nitrogen and oxygen atoms in total. The summed E-state index contributed by atoms with van der Waals surface area (Å²) in [5.41, 5.74) is 1.44. The van der Waals surface area contributed by atoms with Crippen LogP contribution in [0.3, 0.4) is 0 Å². The molecular weight excluding hydrogens is 348 g/mol. The van der Waals surface area contributed by atoms with Gasteiger partial charge in [0.25, 0.3) is 0 Å². The van der Waals surface area contributed by atoms with Gasteiger partial charge in [-0.25, -0.2) is 0 Å². The molecule has 1 aromatic heterocycles. The summed E-state index contributed by atoms with van der Waals surface area (Å²) in [4.78, 5) is 14.8. The number of phenolic OH excluding ortho intramolecular Hbond substituents is 2. The summed E-state index contributed by atoms with van der Waals surface area (Å²) < 4.78 is 11.0. The second-order valence-electron chi connectivity index (χ2n) is 6.41. The molecular formula is C20H20N2O5. The Morgan fingerprint density at radius 3 is 2.44 bits per heavy atom. The molecule has 4 rings (SSSR count). The van der Waals surface area contributed by atoms with Crippen LogP contribution in [0.5, 0.6) is 17.2 Å². The van der Waals surface area contributed by atoms with Crippen LogP contribution in [0.4, 0.5) is 5.69 Å². The van der Waals surface area contributed by atoms with Crippen LogP contribution in [0.25, 0.3) is 22.3 Å². The van der Waals surface area contributed by atoms with E-state index in [-0.39, 0.29) is 28.2 Å². The first-order valence-electron chi connectivity index (χ1n) is 8.71. The van der Waals surface area contributed by atoms with E-state index in [1.165, 1.54) is 13.2 Å². The maximum absolute atomic E-state index is 12.5. The van der Waals surface area contributed by atoms with Crippen molar-refractivity contribution >= 4 is 16.7 Å². The van der Waals surface area contributed by atoms with Gasteiger partial charge < -0.3 is 29.6 Å². The zero-order valence-electron chi connectivity index (χ0n) is 14.9. The molecule has 0 aliphatic carbocycles. The largest absolute Gasteiger partial charge is 0.507 e. The maximum atomic E-state index is 12.5. The van der Waals surface area contributed by atoms with Crippen molar-refractivity contribution in [1.29, 1.82) is 0 Å². The van der Waals surface area contributed by atoms with Crippen molar-refractivity contribution in [1.82, 2.24) is 5.32 Å². The molecule has 3 N–H and O–H groups in total. The number of ether oxygens (including phenoxy) is 1. The topological polar surface area (TPSA) is 95.2 Å². The van der Waals surface area contributed by atoms with Gasteiger partial charge in [0.05, 0.1) is 7.11 Å². The number of phenols is 2. The lowest BCUT2D eigenvalue weighted by Crippen LogP contribution is -2.43. The molecule has 1 saturated heterocycles. The Morgan fingerprint density at radius 2 is 1.78 bits per heavy atom. The second kappa shape index (κ2) is 6.85. The van der Waals surface area contributed by atoms with Gasteiger partial charge in [-0.05, 0) is 24.3 Å². The summed E-state index contributed by atoms with van der Waals surface area (Å²) in [6.07, 6.45) is 0. The molecule has 0 bridgehead atoms. The number of nitrogens with zero attached hydrogens (tertiary/aromatic N) is 1. The summed E-state index contributed by atoms with van der Waals surface area (Å²) in [6, 6.07) is 10.1. The Hall–Kier alpha value is -3.19. The third-order valence-electron chi connectivity index (χ3n) is 4.75. The predicted octanol–water partition coefficient (Wildman–Crippen LogP) is 2.29. The Morgan fingerprint density at radius 1 is 1.07 bits per heavy atom. The molecule has 140 valence electrons. The van der Waals surface area contributed by atoms with E-state index >= 15 is 0 Å². The number of nitrogens with one attached hydrogen (secondary N) is 1. The summed E-state index contributed by atoms with van der Waals surface area (Å²) in [5, 5.41) is 23.3. The van der Waals surface area contributed by atoms with Gasteiger partial charge in [-0.1, -0.05) is 0 Å². The molecule has 0 radical (unpaired) electrons. The molecule has 7 heteroatoms. The van der Waals surface area contributed by atoms with Crippen LogP contribution in [0.15, 0.2) is 45.6 Å². The van der Waals surface area contributed by atoms with E-state index in [1.54, 1.807) is 0 Å². The minimum Gasteiger partial charge on any atom is -0.507 e. The molecule has 0 amide bonds. The minimum absolute atomic E-state index is 0.0131. The molecule has 0 unspecified atom stereocenters. The summed E-state index contributed by atoms with van der Waals surface area (Å²) in [6.45, 7) is 3.79. The van der Waals surface area contributed by atoms with E-state index in [0.717, 1.165) is 43.5 Å². The van der Waals surface area contributed by atoms with Gasteiger partial charge in [0.2, 0.25) is 5.75 Å². The molecule has 3 aromatic rings. The van der Waals surface area contributed by atoms with Crippen LogP contribution in [0, 0.1) is 0 Å². The zero-order chi connectivity index (χ0) is 19.0. The average molecular weight is 368 g/mol. The SMILES string of the molecule is COc1c(O)cc(O)c2c(=O)cc(-c3ccc(N4CCNCC4)cc3)oc12. The molecule has 1 aliphatic heterocycles. The number of methoxy groups -OCH3 is 1. The van der Waals surface area contributed by atoms with Crippen molar-refractivity contribution in [2.75, 3.05) is 38.2 Å². The zero-order valence-corrected chi connectivity index (χ0v) is 14.9. The Labute approximate surface area is 155 Å². The molecule has 1 aliphatic rings. The normalized spacial score (nSPS) is 14.5. The van der Waals surface area contributed by atoms with E-state index in [0.29, 0.717) is 5.76 Å². The Balaban J connectivity index is 1.78. The third kappa shape index (κ3) is 3.06. The molecule has 0 atom stereocenters. The quantitative estimate of drug-likeness (QED) is 0.653. The highest BCUT2D eigenvalue weighted by molar-refractivity contribution is 5.91. The standard InChI is InChI=1S/C20H20N2O5/c1-26-19-16(25)10-14(23)18-15(24)11-17(27-20(18)19)12-2-4-13(5-3-12)22-8-6-21-7-9-22/h2-5,10-11,21,23,25H,6-9H2,1H3. The lowest BCUT2D eigenvalue weighted by Gasteiger charge is -2.29. The molecule has 0 saturated carbocycles. The predicted molar refractivity (Wildman–Crippen MR) is 103 cm³/mol. The second-order valence-corrected chi connectivity index (χ2v) is 6.41. The van der Waals surface area contributed by atoms with E-state index in [4.69, 9.17) is 9.15 Å². The van der Waals surface area contributed by atoms with Gasteiger partial charge in [-0.3, -0.25) is 4.79 Å². The fourth-order valence-corrected chi connectivity index (χ4v) is 3.38. The highest BCUT2D eigenvalue weighted by Gasteiger charge is 2.19. The van der Waals surface area contributed by atoms with E-state index in [1.807, 2.05) is 24.3 Å². The Bertz CT molecular complexity index is 1040. The number of benzene rings is 2. The highest BCUT2D eigenvalue weighted by Crippen LogP contribution is 2.40. The fourth-order valence-electron chi connectivity index (χ4n) is 3.38. The number of hydrogen-bond donors (Lipinski definition) is 3. The average Bonchev–Trinajstić information content (AvgIpc) is 2.68. The molecule has 27 heavy (non-hydrogen) atoms. The first-order chi connectivity index (χ1) is 13.1. The van der Waals surface area contributed by atoms with Crippen LogP contribution in [-0.4, -0.2) is 43.5 Å². The van der Waals surface area contributed by atoms with Gasteiger partial charge in [0.15, 0.2) is 16.8 Å². The van der Waals surface area contributed by atoms with Gasteiger partial charge in [-0.15, -0.1) is 0 Å². The van der Waals surface area contributed by atoms with Gasteiger partial charge in [-0.2, -0.15) is 0 Å². The van der Waals surface area contributed by atoms with Gasteiger partial charge in [0.1, 0.15) is 16.9 Å². The van der Waals surface area contributed by atoms with Gasteiger partial charge in [0, 0.05) is 49.6 Å². The minimum atomic E-state index is -0.409. The van der Waals surface area contributed by atoms with Crippen molar-refractivity contribution in [2.45, 2.75) is 0 Å². The van der Waals surface area contributed by atoms with Crippen LogP contribution in [0.1, 0.15) is 0 Å². The summed E-state index contributed by atoms with van der Waals surface area (Å²) in [7, 11) is 1.36. The molecule has 2 heterocycles. The lowest BCUT2D eigenvalue weighted by molar-refractivity contribution is 0.367. The number of anilines is 1. The number of aromatic hydroxyl groups is 2. The first kappa shape index (κ1) is 17.2. The number of piperazine rings is 1. The smallest absolute Gasteiger partial charge is 0.204 e. The van der Waals surface area contributed by atoms with Crippen molar-refractivity contribution in [2.24, 2.45) is 0 Å². The van der Waals surface area contributed by atoms with Crippen molar-refractivity contribution < 1.29 is 19.4 Å².